The predicted octanol–water partition coefficient (Wildman–Crippen LogP) is 2.31. The molecule has 2 atom stereocenters. The van der Waals surface area contributed by atoms with Gasteiger partial charge in [0.25, 0.3) is 0 Å². The Labute approximate surface area is 137 Å². The van der Waals surface area contributed by atoms with Crippen LogP contribution in [-0.2, 0) is 14.3 Å². The molecule has 0 aromatic heterocycles. The number of rotatable bonds is 5. The standard InChI is InChI=1S/C18H26N2O3/c1-18(2,12-19)23-16(21)11-14-9-6-10-15(20-17(14)22)13-7-4-3-5-8-13/h3-5,7-8,14-15H,6,9-12,19H2,1-2H3,(H,20,22). The molecule has 0 bridgehead atoms. The number of hydrogen-bond acceptors (Lipinski definition) is 4. The summed E-state index contributed by atoms with van der Waals surface area (Å²) in [5.74, 6) is -0.762. The Kier molecular flexibility index (Phi) is 5.77. The topological polar surface area (TPSA) is 81.4 Å². The number of hydrogen-bond donors (Lipinski definition) is 2. The van der Waals surface area contributed by atoms with E-state index >= 15 is 0 Å². The highest BCUT2D eigenvalue weighted by Gasteiger charge is 2.30. The first kappa shape index (κ1) is 17.5. The van der Waals surface area contributed by atoms with Crippen LogP contribution >= 0.6 is 0 Å². The van der Waals surface area contributed by atoms with Gasteiger partial charge >= 0.3 is 5.97 Å². The summed E-state index contributed by atoms with van der Waals surface area (Å²) in [5, 5.41) is 3.06. The minimum atomic E-state index is -0.690. The summed E-state index contributed by atoms with van der Waals surface area (Å²) in [4.78, 5) is 24.5. The van der Waals surface area contributed by atoms with Crippen molar-refractivity contribution in [2.45, 2.75) is 51.2 Å². The fourth-order valence-electron chi connectivity index (χ4n) is 2.78. The third-order valence-electron chi connectivity index (χ3n) is 4.23. The molecule has 1 saturated heterocycles. The molecule has 23 heavy (non-hydrogen) atoms. The zero-order valence-corrected chi connectivity index (χ0v) is 13.9. The van der Waals surface area contributed by atoms with E-state index in [1.165, 1.54) is 0 Å². The average Bonchev–Trinajstić information content (AvgIpc) is 2.70. The number of carbonyl (C=O) groups excluding carboxylic acids is 2. The van der Waals surface area contributed by atoms with Crippen LogP contribution in [-0.4, -0.2) is 24.0 Å². The van der Waals surface area contributed by atoms with Crippen LogP contribution in [0.3, 0.4) is 0 Å². The maximum Gasteiger partial charge on any atom is 0.307 e. The van der Waals surface area contributed by atoms with Gasteiger partial charge < -0.3 is 15.8 Å². The molecule has 0 saturated carbocycles. The van der Waals surface area contributed by atoms with Crippen molar-refractivity contribution < 1.29 is 14.3 Å². The Bertz CT molecular complexity index is 542. The molecule has 5 heteroatoms. The molecule has 126 valence electrons. The highest BCUT2D eigenvalue weighted by molar-refractivity contribution is 5.84. The second-order valence-electron chi connectivity index (χ2n) is 6.74. The third-order valence-corrected chi connectivity index (χ3v) is 4.23. The van der Waals surface area contributed by atoms with Crippen molar-refractivity contribution in [3.05, 3.63) is 35.9 Å². The van der Waals surface area contributed by atoms with Crippen LogP contribution in [0.4, 0.5) is 0 Å². The van der Waals surface area contributed by atoms with Crippen molar-refractivity contribution in [1.82, 2.24) is 5.32 Å². The first-order valence-electron chi connectivity index (χ1n) is 8.18. The summed E-state index contributed by atoms with van der Waals surface area (Å²) >= 11 is 0. The van der Waals surface area contributed by atoms with Gasteiger partial charge in [-0.3, -0.25) is 9.59 Å². The Morgan fingerprint density at radius 3 is 2.65 bits per heavy atom. The summed E-state index contributed by atoms with van der Waals surface area (Å²) in [7, 11) is 0. The molecular formula is C18H26N2O3. The van der Waals surface area contributed by atoms with Crippen molar-refractivity contribution in [1.29, 1.82) is 0 Å². The average molecular weight is 318 g/mol. The second-order valence-corrected chi connectivity index (χ2v) is 6.74. The molecule has 1 aliphatic heterocycles. The van der Waals surface area contributed by atoms with E-state index in [9.17, 15) is 9.59 Å². The maximum atomic E-state index is 12.4. The molecule has 2 rings (SSSR count). The molecule has 1 aromatic carbocycles. The molecule has 0 spiro atoms. The van der Waals surface area contributed by atoms with Crippen molar-refractivity contribution >= 4 is 11.9 Å². The third kappa shape index (κ3) is 5.06. The largest absolute Gasteiger partial charge is 0.458 e. The van der Waals surface area contributed by atoms with E-state index in [0.29, 0.717) is 6.42 Å². The van der Waals surface area contributed by atoms with Gasteiger partial charge in [-0.2, -0.15) is 0 Å². The number of ether oxygens (including phenoxy) is 1. The fourth-order valence-corrected chi connectivity index (χ4v) is 2.78. The van der Waals surface area contributed by atoms with Crippen molar-refractivity contribution in [3.8, 4) is 0 Å². The Morgan fingerprint density at radius 1 is 1.30 bits per heavy atom. The monoisotopic (exact) mass is 318 g/mol. The van der Waals surface area contributed by atoms with Gasteiger partial charge in [0.1, 0.15) is 5.60 Å². The summed E-state index contributed by atoms with van der Waals surface area (Å²) in [6.07, 6.45) is 2.59. The number of nitrogens with one attached hydrogen (secondary N) is 1. The second kappa shape index (κ2) is 7.59. The van der Waals surface area contributed by atoms with E-state index in [-0.39, 0.29) is 36.8 Å². The van der Waals surface area contributed by atoms with Crippen LogP contribution in [0.25, 0.3) is 0 Å². The van der Waals surface area contributed by atoms with E-state index in [2.05, 4.69) is 5.32 Å². The molecule has 2 unspecified atom stereocenters. The van der Waals surface area contributed by atoms with Gasteiger partial charge in [0, 0.05) is 12.5 Å². The molecular weight excluding hydrogens is 292 g/mol. The molecule has 0 radical (unpaired) electrons. The lowest BCUT2D eigenvalue weighted by Gasteiger charge is -2.24. The normalized spacial score (nSPS) is 22.1. The van der Waals surface area contributed by atoms with Crippen LogP contribution < -0.4 is 11.1 Å². The molecule has 0 aliphatic carbocycles. The molecule has 3 N–H and O–H groups in total. The minimum absolute atomic E-state index is 0.0187. The highest BCUT2D eigenvalue weighted by atomic mass is 16.6. The van der Waals surface area contributed by atoms with Crippen LogP contribution in [0.1, 0.15) is 51.1 Å². The van der Waals surface area contributed by atoms with Crippen LogP contribution in [0, 0.1) is 5.92 Å². The molecule has 1 aromatic rings. The van der Waals surface area contributed by atoms with E-state index in [4.69, 9.17) is 10.5 Å². The number of nitrogens with two attached hydrogens (primary N) is 1. The number of carbonyl (C=O) groups is 2. The molecule has 5 nitrogen and oxygen atoms in total. The van der Waals surface area contributed by atoms with Crippen LogP contribution in [0.15, 0.2) is 30.3 Å². The van der Waals surface area contributed by atoms with Gasteiger partial charge in [-0.1, -0.05) is 36.8 Å². The molecule has 1 aliphatic rings. The zero-order valence-electron chi connectivity index (χ0n) is 13.9. The smallest absolute Gasteiger partial charge is 0.307 e. The molecule has 1 heterocycles. The van der Waals surface area contributed by atoms with Gasteiger partial charge in [-0.15, -0.1) is 0 Å². The first-order chi connectivity index (χ1) is 10.9. The highest BCUT2D eigenvalue weighted by Crippen LogP contribution is 2.27. The van der Waals surface area contributed by atoms with Gasteiger partial charge in [0.2, 0.25) is 5.91 Å². The number of amides is 1. The first-order valence-corrected chi connectivity index (χ1v) is 8.18. The lowest BCUT2D eigenvalue weighted by Crippen LogP contribution is -2.38. The quantitative estimate of drug-likeness (QED) is 0.816. The summed E-state index contributed by atoms with van der Waals surface area (Å²) in [6.45, 7) is 3.79. The Hall–Kier alpha value is -1.88. The number of esters is 1. The zero-order chi connectivity index (χ0) is 16.9. The summed E-state index contributed by atoms with van der Waals surface area (Å²) in [6, 6.07) is 9.95. The van der Waals surface area contributed by atoms with Crippen molar-refractivity contribution in [2.75, 3.05) is 6.54 Å². The maximum absolute atomic E-state index is 12.4. The van der Waals surface area contributed by atoms with Crippen molar-refractivity contribution in [3.63, 3.8) is 0 Å². The lowest BCUT2D eigenvalue weighted by atomic mass is 9.98. The van der Waals surface area contributed by atoms with Crippen LogP contribution in [0.2, 0.25) is 0 Å². The SMILES string of the molecule is CC(C)(CN)OC(=O)CC1CCCC(c2ccccc2)NC1=O. The van der Waals surface area contributed by atoms with Gasteiger partial charge in [-0.05, 0) is 32.3 Å². The van der Waals surface area contributed by atoms with Gasteiger partial charge in [-0.25, -0.2) is 0 Å². The Morgan fingerprint density at radius 2 is 2.00 bits per heavy atom. The van der Waals surface area contributed by atoms with E-state index in [1.807, 2.05) is 30.3 Å². The Balaban J connectivity index is 1.95. The van der Waals surface area contributed by atoms with Crippen molar-refractivity contribution in [2.24, 2.45) is 11.7 Å². The summed E-state index contributed by atoms with van der Waals surface area (Å²) in [5.41, 5.74) is 5.98. The molecule has 1 fully saturated rings. The molecule has 1 amide bonds. The van der Waals surface area contributed by atoms with E-state index in [1.54, 1.807) is 13.8 Å². The van der Waals surface area contributed by atoms with E-state index < -0.39 is 5.60 Å². The van der Waals surface area contributed by atoms with Crippen LogP contribution in [0.5, 0.6) is 0 Å². The summed E-state index contributed by atoms with van der Waals surface area (Å²) < 4.78 is 5.35. The lowest BCUT2D eigenvalue weighted by molar-refractivity contribution is -0.158. The van der Waals surface area contributed by atoms with Gasteiger partial charge in [0.15, 0.2) is 0 Å². The van der Waals surface area contributed by atoms with Gasteiger partial charge in [0.05, 0.1) is 12.5 Å². The minimum Gasteiger partial charge on any atom is -0.458 e. The fraction of sp³-hybridized carbons (Fsp3) is 0.556. The van der Waals surface area contributed by atoms with E-state index in [0.717, 1.165) is 18.4 Å². The number of benzene rings is 1. The predicted molar refractivity (Wildman–Crippen MR) is 88.5 cm³/mol.